The molecule has 1 spiro atoms. The van der Waals surface area contributed by atoms with Gasteiger partial charge in [-0.25, -0.2) is 4.98 Å². The number of nitrogens with one attached hydrogen (secondary N) is 1. The van der Waals surface area contributed by atoms with E-state index in [2.05, 4.69) is 52.7 Å². The molecule has 2 aliphatic rings. The van der Waals surface area contributed by atoms with E-state index in [4.69, 9.17) is 4.74 Å². The van der Waals surface area contributed by atoms with Crippen molar-refractivity contribution in [3.63, 3.8) is 0 Å². The predicted molar refractivity (Wildman–Crippen MR) is 110 cm³/mol. The summed E-state index contributed by atoms with van der Waals surface area (Å²) < 4.78 is 8.59. The molecule has 28 heavy (non-hydrogen) atoms. The van der Waals surface area contributed by atoms with Crippen LogP contribution in [0.1, 0.15) is 42.3 Å². The van der Waals surface area contributed by atoms with Crippen molar-refractivity contribution in [2.75, 3.05) is 19.6 Å². The fourth-order valence-electron chi connectivity index (χ4n) is 4.16. The van der Waals surface area contributed by atoms with E-state index >= 15 is 0 Å². The van der Waals surface area contributed by atoms with Gasteiger partial charge in [0.1, 0.15) is 11.4 Å². The number of thiophene rings is 1. The highest BCUT2D eigenvalue weighted by Crippen LogP contribution is 2.40. The normalized spacial score (nSPS) is 21.8. The second-order valence-corrected chi connectivity index (χ2v) is 9.80. The van der Waals surface area contributed by atoms with Crippen molar-refractivity contribution in [1.29, 1.82) is 0 Å². The van der Waals surface area contributed by atoms with Crippen LogP contribution in [0.25, 0.3) is 0 Å². The molecule has 1 atom stereocenters. The van der Waals surface area contributed by atoms with E-state index in [-0.39, 0.29) is 5.91 Å². The molecule has 4 rings (SSSR count). The number of rotatable bonds is 5. The van der Waals surface area contributed by atoms with E-state index in [1.807, 2.05) is 23.7 Å². The molecule has 6 nitrogen and oxygen atoms in total. The summed E-state index contributed by atoms with van der Waals surface area (Å²) in [6.45, 7) is 10.5. The van der Waals surface area contributed by atoms with E-state index in [0.717, 1.165) is 38.3 Å². The number of likely N-dealkylation sites (tertiary alicyclic amines) is 1. The van der Waals surface area contributed by atoms with Crippen molar-refractivity contribution in [3.05, 3.63) is 40.1 Å². The maximum atomic E-state index is 12.7. The lowest BCUT2D eigenvalue weighted by atomic mass is 9.88. The van der Waals surface area contributed by atoms with Crippen LogP contribution < -0.4 is 5.32 Å². The van der Waals surface area contributed by atoms with Crippen LogP contribution in [-0.4, -0.2) is 46.1 Å². The fraction of sp³-hybridized carbons (Fsp3) is 0.619. The second kappa shape index (κ2) is 7.97. The molecule has 2 aromatic heterocycles. The molecule has 0 aromatic carbocycles. The number of imidazole rings is 1. The molecule has 7 heteroatoms. The Morgan fingerprint density at radius 3 is 2.86 bits per heavy atom. The number of piperidine rings is 1. The number of aryl methyl sites for hydroxylation is 1. The molecule has 1 N–H and O–H groups in total. The van der Waals surface area contributed by atoms with Gasteiger partial charge in [0.25, 0.3) is 5.91 Å². The molecule has 1 saturated heterocycles. The van der Waals surface area contributed by atoms with Gasteiger partial charge in [0.05, 0.1) is 6.54 Å². The zero-order chi connectivity index (χ0) is 19.7. The molecule has 0 radical (unpaired) electrons. The first kappa shape index (κ1) is 19.6. The van der Waals surface area contributed by atoms with Crippen LogP contribution in [-0.2, 0) is 28.2 Å². The minimum atomic E-state index is -0.455. The highest BCUT2D eigenvalue weighted by molar-refractivity contribution is 7.11. The molecule has 0 saturated carbocycles. The Hall–Kier alpha value is -1.70. The first-order valence-electron chi connectivity index (χ1n) is 10.2. The van der Waals surface area contributed by atoms with Gasteiger partial charge >= 0.3 is 0 Å². The van der Waals surface area contributed by atoms with Gasteiger partial charge in [-0.2, -0.15) is 0 Å². The Bertz CT molecular complexity index is 820. The Kier molecular flexibility index (Phi) is 5.58. The van der Waals surface area contributed by atoms with Gasteiger partial charge in [0, 0.05) is 48.3 Å². The van der Waals surface area contributed by atoms with E-state index in [1.54, 1.807) is 0 Å². The van der Waals surface area contributed by atoms with Crippen LogP contribution in [0.4, 0.5) is 0 Å². The number of fused-ring (bicyclic) bond motifs is 2. The number of amides is 1. The number of nitrogens with zero attached hydrogens (tertiary/aromatic N) is 3. The molecule has 1 amide bonds. The third-order valence-electron chi connectivity index (χ3n) is 5.67. The van der Waals surface area contributed by atoms with Gasteiger partial charge in [0.2, 0.25) is 0 Å². The SMILES string of the molecule is Cc1ccc(CN2CCC3(CC2)OC(C(=O)NCC(C)C)Cn2ccnc23)s1. The number of hydrogen-bond donors (Lipinski definition) is 1. The molecule has 1 fully saturated rings. The molecule has 1 unspecified atom stereocenters. The Morgan fingerprint density at radius 2 is 2.18 bits per heavy atom. The average molecular weight is 403 g/mol. The minimum absolute atomic E-state index is 0.0103. The van der Waals surface area contributed by atoms with Crippen LogP contribution in [0.15, 0.2) is 24.5 Å². The van der Waals surface area contributed by atoms with Crippen LogP contribution in [0.3, 0.4) is 0 Å². The van der Waals surface area contributed by atoms with Gasteiger partial charge in [-0.05, 0) is 37.8 Å². The summed E-state index contributed by atoms with van der Waals surface area (Å²) in [4.78, 5) is 22.5. The number of carbonyl (C=O) groups excluding carboxylic acids is 1. The van der Waals surface area contributed by atoms with Crippen LogP contribution in [0.5, 0.6) is 0 Å². The van der Waals surface area contributed by atoms with Gasteiger partial charge in [-0.15, -0.1) is 11.3 Å². The molecule has 0 bridgehead atoms. The monoisotopic (exact) mass is 402 g/mol. The number of aromatic nitrogens is 2. The van der Waals surface area contributed by atoms with E-state index in [1.165, 1.54) is 9.75 Å². The average Bonchev–Trinajstić information content (AvgIpc) is 3.31. The lowest BCUT2D eigenvalue weighted by Crippen LogP contribution is -2.54. The van der Waals surface area contributed by atoms with E-state index < -0.39 is 11.7 Å². The Labute approximate surface area is 170 Å². The smallest absolute Gasteiger partial charge is 0.251 e. The number of ether oxygens (including phenoxy) is 1. The van der Waals surface area contributed by atoms with E-state index in [0.29, 0.717) is 19.0 Å². The Balaban J connectivity index is 1.45. The van der Waals surface area contributed by atoms with Crippen molar-refractivity contribution in [1.82, 2.24) is 19.8 Å². The molecule has 152 valence electrons. The molecule has 2 aliphatic heterocycles. The van der Waals surface area contributed by atoms with Crippen molar-refractivity contribution in [2.45, 2.75) is 58.4 Å². The number of hydrogen-bond acceptors (Lipinski definition) is 5. The lowest BCUT2D eigenvalue weighted by molar-refractivity contribution is -0.173. The summed E-state index contributed by atoms with van der Waals surface area (Å²) in [5.41, 5.74) is -0.455. The predicted octanol–water partition coefficient (Wildman–Crippen LogP) is 2.92. The first-order chi connectivity index (χ1) is 13.4. The maximum Gasteiger partial charge on any atom is 0.251 e. The van der Waals surface area contributed by atoms with Gasteiger partial charge in [-0.1, -0.05) is 13.8 Å². The third-order valence-corrected chi connectivity index (χ3v) is 6.65. The first-order valence-corrected chi connectivity index (χ1v) is 11.0. The summed E-state index contributed by atoms with van der Waals surface area (Å²) in [6, 6.07) is 4.41. The maximum absolute atomic E-state index is 12.7. The zero-order valence-electron chi connectivity index (χ0n) is 17.0. The highest BCUT2D eigenvalue weighted by Gasteiger charge is 2.47. The topological polar surface area (TPSA) is 59.4 Å². The van der Waals surface area contributed by atoms with Crippen molar-refractivity contribution in [2.24, 2.45) is 5.92 Å². The molecular weight excluding hydrogens is 372 g/mol. The fourth-order valence-corrected chi connectivity index (χ4v) is 5.09. The standard InChI is InChI=1S/C21H30N4O2S/c1-15(2)12-23-19(26)18-14-25-11-8-22-20(25)21(27-18)6-9-24(10-7-21)13-17-5-4-16(3)28-17/h4-5,8,11,15,18H,6-7,9-10,12-14H2,1-3H3,(H,23,26). The van der Waals surface area contributed by atoms with Crippen LogP contribution >= 0.6 is 11.3 Å². The van der Waals surface area contributed by atoms with Gasteiger partial charge in [-0.3, -0.25) is 9.69 Å². The number of carbonyl (C=O) groups is 1. The molecule has 2 aromatic rings. The van der Waals surface area contributed by atoms with Crippen molar-refractivity contribution < 1.29 is 9.53 Å². The molecular formula is C21H30N4O2S. The zero-order valence-corrected chi connectivity index (χ0v) is 17.8. The summed E-state index contributed by atoms with van der Waals surface area (Å²) in [7, 11) is 0. The summed E-state index contributed by atoms with van der Waals surface area (Å²) >= 11 is 1.87. The second-order valence-electron chi connectivity index (χ2n) is 8.43. The lowest BCUT2D eigenvalue weighted by Gasteiger charge is -2.45. The largest absolute Gasteiger partial charge is 0.354 e. The third kappa shape index (κ3) is 4.02. The van der Waals surface area contributed by atoms with E-state index in [9.17, 15) is 4.79 Å². The Morgan fingerprint density at radius 1 is 1.39 bits per heavy atom. The minimum Gasteiger partial charge on any atom is -0.354 e. The quantitative estimate of drug-likeness (QED) is 0.835. The van der Waals surface area contributed by atoms with Gasteiger partial charge in [0.15, 0.2) is 6.10 Å². The summed E-state index contributed by atoms with van der Waals surface area (Å²) in [5, 5.41) is 3.03. The molecule has 0 aliphatic carbocycles. The van der Waals surface area contributed by atoms with Gasteiger partial charge < -0.3 is 14.6 Å². The van der Waals surface area contributed by atoms with Crippen molar-refractivity contribution >= 4 is 17.2 Å². The van der Waals surface area contributed by atoms with Crippen molar-refractivity contribution in [3.8, 4) is 0 Å². The highest BCUT2D eigenvalue weighted by atomic mass is 32.1. The molecule has 4 heterocycles. The summed E-state index contributed by atoms with van der Waals surface area (Å²) in [5.74, 6) is 1.39. The summed E-state index contributed by atoms with van der Waals surface area (Å²) in [6.07, 6.45) is 5.08. The van der Waals surface area contributed by atoms with Crippen LogP contribution in [0, 0.1) is 12.8 Å². The van der Waals surface area contributed by atoms with Crippen LogP contribution in [0.2, 0.25) is 0 Å².